The first-order valence-corrected chi connectivity index (χ1v) is 8.25. The van der Waals surface area contributed by atoms with Crippen LogP contribution in [0.15, 0.2) is 17.0 Å². The maximum absolute atomic E-state index is 12.1. The van der Waals surface area contributed by atoms with Crippen molar-refractivity contribution in [2.24, 2.45) is 5.92 Å². The van der Waals surface area contributed by atoms with E-state index in [0.29, 0.717) is 0 Å². The van der Waals surface area contributed by atoms with Crippen LogP contribution in [0.25, 0.3) is 0 Å². The van der Waals surface area contributed by atoms with Crippen LogP contribution in [-0.4, -0.2) is 26.2 Å². The van der Waals surface area contributed by atoms with E-state index in [-0.39, 0.29) is 32.4 Å². The van der Waals surface area contributed by atoms with Crippen LogP contribution < -0.4 is 4.72 Å². The van der Waals surface area contributed by atoms with Gasteiger partial charge in [-0.2, -0.15) is 0 Å². The Labute approximate surface area is 126 Å². The fourth-order valence-electron chi connectivity index (χ4n) is 1.70. The lowest BCUT2D eigenvalue weighted by Crippen LogP contribution is -2.33. The minimum absolute atomic E-state index is 0.0501. The molecule has 0 spiro atoms. The van der Waals surface area contributed by atoms with Crippen LogP contribution in [0, 0.1) is 5.92 Å². The van der Waals surface area contributed by atoms with Crippen LogP contribution in [0.1, 0.15) is 12.8 Å². The van der Waals surface area contributed by atoms with E-state index in [9.17, 15) is 13.5 Å². The highest BCUT2D eigenvalue weighted by atomic mass is 35.5. The summed E-state index contributed by atoms with van der Waals surface area (Å²) in [6, 6.07) is 2.61. The zero-order chi connectivity index (χ0) is 14.2. The van der Waals surface area contributed by atoms with Gasteiger partial charge in [0.15, 0.2) is 0 Å². The van der Waals surface area contributed by atoms with Crippen LogP contribution in [0.5, 0.6) is 0 Å². The number of halogens is 3. The second kappa shape index (κ2) is 5.76. The Kier molecular flexibility index (Phi) is 4.65. The van der Waals surface area contributed by atoms with Gasteiger partial charge < -0.3 is 5.11 Å². The SMILES string of the molecule is O=S(=O)(NCC(O)C1CC1)c1c(Cl)cc(Cl)cc1Cl. The lowest BCUT2D eigenvalue weighted by molar-refractivity contribution is 0.155. The largest absolute Gasteiger partial charge is 0.391 e. The summed E-state index contributed by atoms with van der Waals surface area (Å²) in [6.45, 7) is -0.0533. The molecule has 1 aliphatic carbocycles. The molecule has 1 atom stereocenters. The fourth-order valence-corrected chi connectivity index (χ4v) is 4.29. The fraction of sp³-hybridized carbons (Fsp3) is 0.455. The van der Waals surface area contributed by atoms with Crippen molar-refractivity contribution in [3.63, 3.8) is 0 Å². The number of aliphatic hydroxyl groups excluding tert-OH is 1. The first-order chi connectivity index (χ1) is 8.81. The van der Waals surface area contributed by atoms with Gasteiger partial charge in [-0.25, -0.2) is 13.1 Å². The summed E-state index contributed by atoms with van der Waals surface area (Å²) in [6.07, 6.45) is 1.16. The number of aliphatic hydroxyl groups is 1. The molecule has 2 N–H and O–H groups in total. The third-order valence-electron chi connectivity index (χ3n) is 2.88. The van der Waals surface area contributed by atoms with E-state index in [1.807, 2.05) is 0 Å². The van der Waals surface area contributed by atoms with E-state index in [2.05, 4.69) is 4.72 Å². The van der Waals surface area contributed by atoms with E-state index >= 15 is 0 Å². The van der Waals surface area contributed by atoms with Crippen LogP contribution >= 0.6 is 34.8 Å². The molecule has 0 heterocycles. The van der Waals surface area contributed by atoms with Crippen LogP contribution in [0.2, 0.25) is 15.1 Å². The van der Waals surface area contributed by atoms with Gasteiger partial charge >= 0.3 is 0 Å². The van der Waals surface area contributed by atoms with Gasteiger partial charge in [0.05, 0.1) is 16.1 Å². The Morgan fingerprint density at radius 3 is 2.26 bits per heavy atom. The van der Waals surface area contributed by atoms with E-state index in [1.165, 1.54) is 12.1 Å². The summed E-state index contributed by atoms with van der Waals surface area (Å²) >= 11 is 17.4. The number of rotatable bonds is 5. The van der Waals surface area contributed by atoms with E-state index in [0.717, 1.165) is 12.8 Å². The molecular weight excluding hydrogens is 333 g/mol. The van der Waals surface area contributed by atoms with Gasteiger partial charge in [-0.05, 0) is 30.9 Å². The molecule has 0 aromatic heterocycles. The zero-order valence-electron chi connectivity index (χ0n) is 9.74. The molecular formula is C11H12Cl3NO3S. The number of hydrogen-bond donors (Lipinski definition) is 2. The zero-order valence-corrected chi connectivity index (χ0v) is 12.8. The Hall–Kier alpha value is -0.0400. The monoisotopic (exact) mass is 343 g/mol. The molecule has 2 rings (SSSR count). The maximum Gasteiger partial charge on any atom is 0.243 e. The summed E-state index contributed by atoms with van der Waals surface area (Å²) in [5, 5.41) is 9.82. The summed E-state index contributed by atoms with van der Waals surface area (Å²) in [7, 11) is -3.87. The van der Waals surface area contributed by atoms with Crippen LogP contribution in [0.4, 0.5) is 0 Å². The Morgan fingerprint density at radius 2 is 1.79 bits per heavy atom. The molecule has 1 aromatic rings. The molecule has 8 heteroatoms. The molecule has 0 aliphatic heterocycles. The summed E-state index contributed by atoms with van der Waals surface area (Å²) in [5.74, 6) is 0.180. The Bertz CT molecular complexity index is 564. The van der Waals surface area contributed by atoms with Crippen molar-refractivity contribution in [3.05, 3.63) is 27.2 Å². The molecule has 1 fully saturated rings. The van der Waals surface area contributed by atoms with Crippen LogP contribution in [-0.2, 0) is 10.0 Å². The van der Waals surface area contributed by atoms with Gasteiger partial charge in [-0.15, -0.1) is 0 Å². The third kappa shape index (κ3) is 3.74. The topological polar surface area (TPSA) is 66.4 Å². The average molecular weight is 345 g/mol. The molecule has 4 nitrogen and oxygen atoms in total. The molecule has 1 aliphatic rings. The molecule has 19 heavy (non-hydrogen) atoms. The van der Waals surface area contributed by atoms with Crippen molar-refractivity contribution in [1.82, 2.24) is 4.72 Å². The summed E-state index contributed by atoms with van der Waals surface area (Å²) < 4.78 is 26.5. The van der Waals surface area contributed by atoms with Crippen molar-refractivity contribution < 1.29 is 13.5 Å². The van der Waals surface area contributed by atoms with Crippen molar-refractivity contribution >= 4 is 44.8 Å². The Balaban J connectivity index is 2.19. The summed E-state index contributed by atoms with van der Waals surface area (Å²) in [4.78, 5) is -0.219. The minimum atomic E-state index is -3.87. The first kappa shape index (κ1) is 15.4. The lowest BCUT2D eigenvalue weighted by atomic mass is 10.2. The summed E-state index contributed by atoms with van der Waals surface area (Å²) in [5.41, 5.74) is 0. The van der Waals surface area contributed by atoms with E-state index in [4.69, 9.17) is 34.8 Å². The smallest absolute Gasteiger partial charge is 0.243 e. The molecule has 106 valence electrons. The molecule has 1 aromatic carbocycles. The van der Waals surface area contributed by atoms with Crippen molar-refractivity contribution in [2.45, 2.75) is 23.8 Å². The molecule has 0 radical (unpaired) electrons. The van der Waals surface area contributed by atoms with Gasteiger partial charge in [0, 0.05) is 11.6 Å². The van der Waals surface area contributed by atoms with Gasteiger partial charge in [0.25, 0.3) is 0 Å². The minimum Gasteiger partial charge on any atom is -0.391 e. The first-order valence-electron chi connectivity index (χ1n) is 5.63. The lowest BCUT2D eigenvalue weighted by Gasteiger charge is -2.13. The molecule has 1 saturated carbocycles. The normalized spacial score (nSPS) is 17.5. The molecule has 0 saturated heterocycles. The quantitative estimate of drug-likeness (QED) is 0.863. The Morgan fingerprint density at radius 1 is 1.26 bits per heavy atom. The van der Waals surface area contributed by atoms with Crippen LogP contribution in [0.3, 0.4) is 0 Å². The predicted molar refractivity (Wildman–Crippen MR) is 75.4 cm³/mol. The highest BCUT2D eigenvalue weighted by molar-refractivity contribution is 7.89. The standard InChI is InChI=1S/C11H12Cl3NO3S/c12-7-3-8(13)11(9(14)4-7)19(17,18)15-5-10(16)6-1-2-6/h3-4,6,10,15-16H,1-2,5H2. The van der Waals surface area contributed by atoms with Crippen molar-refractivity contribution in [2.75, 3.05) is 6.54 Å². The van der Waals surface area contributed by atoms with Crippen molar-refractivity contribution in [1.29, 1.82) is 0 Å². The second-order valence-electron chi connectivity index (χ2n) is 4.46. The highest BCUT2D eigenvalue weighted by Crippen LogP contribution is 2.34. The van der Waals surface area contributed by atoms with Gasteiger partial charge in [-0.3, -0.25) is 0 Å². The molecule has 1 unspecified atom stereocenters. The van der Waals surface area contributed by atoms with E-state index in [1.54, 1.807) is 0 Å². The highest BCUT2D eigenvalue weighted by Gasteiger charge is 2.31. The van der Waals surface area contributed by atoms with Gasteiger partial charge in [0.2, 0.25) is 10.0 Å². The number of nitrogens with one attached hydrogen (secondary N) is 1. The second-order valence-corrected chi connectivity index (χ2v) is 7.41. The number of hydrogen-bond acceptors (Lipinski definition) is 3. The molecule has 0 amide bonds. The average Bonchev–Trinajstić information content (AvgIpc) is 3.07. The third-order valence-corrected chi connectivity index (χ3v) is 5.44. The van der Waals surface area contributed by atoms with E-state index < -0.39 is 16.1 Å². The number of sulfonamides is 1. The number of benzene rings is 1. The van der Waals surface area contributed by atoms with Gasteiger partial charge in [0.1, 0.15) is 4.90 Å². The van der Waals surface area contributed by atoms with Crippen molar-refractivity contribution in [3.8, 4) is 0 Å². The molecule has 0 bridgehead atoms. The van der Waals surface area contributed by atoms with Gasteiger partial charge in [-0.1, -0.05) is 34.8 Å². The predicted octanol–water partition coefficient (Wildman–Crippen LogP) is 2.70. The maximum atomic E-state index is 12.1.